The maximum absolute atomic E-state index is 13.4. The van der Waals surface area contributed by atoms with Crippen LogP contribution in [-0.4, -0.2) is 71.1 Å². The first-order chi connectivity index (χ1) is 21.2. The van der Waals surface area contributed by atoms with Gasteiger partial charge in [0.2, 0.25) is 0 Å². The standard InChI is InChI=1S/C35H45N7O2/c1-24-10-11-27(23-36-24)42-33(22-32(39-42)35(3,4)5)38-34(43)37-30-12-13-31(29-9-7-6-8-28(29)30)41-16-14-26(15-17-41)25(2)40-18-20-44-21-19-40/h6-13,22-23,25-26H,14-21H2,1-5H3,(H2,37,38,43). The average Bonchev–Trinajstić information content (AvgIpc) is 3.46. The van der Waals surface area contributed by atoms with Gasteiger partial charge in [-0.1, -0.05) is 45.0 Å². The zero-order valence-electron chi connectivity index (χ0n) is 26.6. The van der Waals surface area contributed by atoms with Crippen LogP contribution in [0.15, 0.2) is 60.8 Å². The summed E-state index contributed by atoms with van der Waals surface area (Å²) in [6, 6.07) is 18.6. The molecule has 4 aromatic rings. The smallest absolute Gasteiger partial charge is 0.324 e. The first kappa shape index (κ1) is 30.1. The fourth-order valence-electron chi connectivity index (χ4n) is 6.46. The van der Waals surface area contributed by atoms with Crippen LogP contribution in [0.1, 0.15) is 51.9 Å². The summed E-state index contributed by atoms with van der Waals surface area (Å²) < 4.78 is 7.32. The third-order valence-electron chi connectivity index (χ3n) is 9.19. The second-order valence-corrected chi connectivity index (χ2v) is 13.2. The number of urea groups is 1. The van der Waals surface area contributed by atoms with Gasteiger partial charge in [-0.15, -0.1) is 0 Å². The Bertz CT molecular complexity index is 1590. The lowest BCUT2D eigenvalue weighted by Gasteiger charge is -2.41. The summed E-state index contributed by atoms with van der Waals surface area (Å²) in [4.78, 5) is 23.0. The summed E-state index contributed by atoms with van der Waals surface area (Å²) in [5, 5.41) is 13.2. The summed E-state index contributed by atoms with van der Waals surface area (Å²) in [6.07, 6.45) is 4.13. The summed E-state index contributed by atoms with van der Waals surface area (Å²) in [7, 11) is 0. The highest BCUT2D eigenvalue weighted by molar-refractivity contribution is 6.09. The number of nitrogens with one attached hydrogen (secondary N) is 2. The number of pyridine rings is 1. The molecule has 0 aliphatic carbocycles. The van der Waals surface area contributed by atoms with E-state index in [4.69, 9.17) is 9.84 Å². The van der Waals surface area contributed by atoms with Crippen molar-refractivity contribution in [3.63, 3.8) is 0 Å². The minimum Gasteiger partial charge on any atom is -0.379 e. The molecule has 2 aromatic carbocycles. The number of fused-ring (bicyclic) bond motifs is 1. The molecule has 0 radical (unpaired) electrons. The van der Waals surface area contributed by atoms with Gasteiger partial charge in [-0.25, -0.2) is 9.48 Å². The van der Waals surface area contributed by atoms with E-state index in [1.54, 1.807) is 10.9 Å². The van der Waals surface area contributed by atoms with E-state index in [0.29, 0.717) is 17.8 Å². The van der Waals surface area contributed by atoms with Crippen LogP contribution in [0.2, 0.25) is 0 Å². The van der Waals surface area contributed by atoms with Crippen molar-refractivity contribution in [3.8, 4) is 5.69 Å². The second kappa shape index (κ2) is 12.6. The van der Waals surface area contributed by atoms with Crippen molar-refractivity contribution in [1.82, 2.24) is 19.7 Å². The third-order valence-corrected chi connectivity index (χ3v) is 9.19. The van der Waals surface area contributed by atoms with Crippen LogP contribution in [0, 0.1) is 12.8 Å². The molecule has 9 heteroatoms. The highest BCUT2D eigenvalue weighted by Crippen LogP contribution is 2.36. The number of carbonyl (C=O) groups excluding carboxylic acids is 1. The first-order valence-electron chi connectivity index (χ1n) is 15.9. The number of benzene rings is 2. The zero-order chi connectivity index (χ0) is 30.8. The molecule has 2 aliphatic rings. The SMILES string of the molecule is Cc1ccc(-n2nc(C(C)(C)C)cc2NC(=O)Nc2ccc(N3CCC(C(C)N4CCOCC4)CC3)c3ccccc23)cn1. The number of hydrogen-bond acceptors (Lipinski definition) is 6. The summed E-state index contributed by atoms with van der Waals surface area (Å²) in [5.74, 6) is 1.29. The maximum Gasteiger partial charge on any atom is 0.324 e. The van der Waals surface area contributed by atoms with E-state index >= 15 is 0 Å². The van der Waals surface area contributed by atoms with E-state index in [1.165, 1.54) is 18.5 Å². The van der Waals surface area contributed by atoms with Gasteiger partial charge in [-0.05, 0) is 56.9 Å². The van der Waals surface area contributed by atoms with Crippen molar-refractivity contribution in [3.05, 3.63) is 72.2 Å². The number of rotatable bonds is 6. The Morgan fingerprint density at radius 1 is 0.955 bits per heavy atom. The molecular formula is C35H45N7O2. The Hall–Kier alpha value is -3.95. The summed E-state index contributed by atoms with van der Waals surface area (Å²) >= 11 is 0. The largest absolute Gasteiger partial charge is 0.379 e. The van der Waals surface area contributed by atoms with Crippen molar-refractivity contribution in [1.29, 1.82) is 0 Å². The lowest BCUT2D eigenvalue weighted by atomic mass is 9.88. The van der Waals surface area contributed by atoms with Crippen molar-refractivity contribution < 1.29 is 9.53 Å². The van der Waals surface area contributed by atoms with E-state index in [9.17, 15) is 4.79 Å². The number of nitrogens with zero attached hydrogens (tertiary/aromatic N) is 5. The monoisotopic (exact) mass is 595 g/mol. The second-order valence-electron chi connectivity index (χ2n) is 13.2. The number of ether oxygens (including phenoxy) is 1. The molecular weight excluding hydrogens is 550 g/mol. The topological polar surface area (TPSA) is 87.6 Å². The van der Waals surface area contributed by atoms with Crippen LogP contribution in [0.5, 0.6) is 0 Å². The van der Waals surface area contributed by atoms with Crippen LogP contribution < -0.4 is 15.5 Å². The van der Waals surface area contributed by atoms with Gasteiger partial charge in [0, 0.05) is 65.9 Å². The van der Waals surface area contributed by atoms with Gasteiger partial charge >= 0.3 is 6.03 Å². The molecule has 232 valence electrons. The van der Waals surface area contributed by atoms with E-state index in [1.807, 2.05) is 37.3 Å². The molecule has 2 aromatic heterocycles. The molecule has 1 atom stereocenters. The highest BCUT2D eigenvalue weighted by atomic mass is 16.5. The number of aryl methyl sites for hydroxylation is 1. The number of aromatic nitrogens is 3. The summed E-state index contributed by atoms with van der Waals surface area (Å²) in [6.45, 7) is 16.5. The van der Waals surface area contributed by atoms with Gasteiger partial charge in [0.25, 0.3) is 0 Å². The Morgan fingerprint density at radius 2 is 1.68 bits per heavy atom. The number of carbonyl (C=O) groups is 1. The van der Waals surface area contributed by atoms with Gasteiger partial charge in [-0.3, -0.25) is 15.2 Å². The Kier molecular flexibility index (Phi) is 8.60. The molecule has 9 nitrogen and oxygen atoms in total. The quantitative estimate of drug-likeness (QED) is 0.261. The van der Waals surface area contributed by atoms with Crippen LogP contribution in [-0.2, 0) is 10.2 Å². The minimum atomic E-state index is -0.317. The van der Waals surface area contributed by atoms with Crippen molar-refractivity contribution >= 4 is 34.0 Å². The molecule has 0 spiro atoms. The fourth-order valence-corrected chi connectivity index (χ4v) is 6.46. The average molecular weight is 596 g/mol. The van der Waals surface area contributed by atoms with E-state index in [2.05, 4.69) is 77.4 Å². The van der Waals surface area contributed by atoms with Crippen LogP contribution in [0.3, 0.4) is 0 Å². The number of piperidine rings is 1. The molecule has 2 N–H and O–H groups in total. The maximum atomic E-state index is 13.4. The molecule has 2 aliphatic heterocycles. The molecule has 44 heavy (non-hydrogen) atoms. The molecule has 2 saturated heterocycles. The van der Waals surface area contributed by atoms with Crippen LogP contribution in [0.4, 0.5) is 22.0 Å². The van der Waals surface area contributed by atoms with Crippen molar-refractivity contribution in [2.45, 2.75) is 58.9 Å². The number of amides is 2. The molecule has 0 bridgehead atoms. The molecule has 0 saturated carbocycles. The third kappa shape index (κ3) is 6.44. The van der Waals surface area contributed by atoms with Gasteiger partial charge < -0.3 is 15.0 Å². The predicted molar refractivity (Wildman–Crippen MR) is 178 cm³/mol. The van der Waals surface area contributed by atoms with E-state index < -0.39 is 0 Å². The molecule has 2 amide bonds. The number of anilines is 3. The number of hydrogen-bond donors (Lipinski definition) is 2. The Balaban J connectivity index is 1.18. The van der Waals surface area contributed by atoms with E-state index in [-0.39, 0.29) is 11.4 Å². The van der Waals surface area contributed by atoms with Gasteiger partial charge in [-0.2, -0.15) is 5.10 Å². The number of morpholine rings is 1. The zero-order valence-corrected chi connectivity index (χ0v) is 26.6. The molecule has 4 heterocycles. The lowest BCUT2D eigenvalue weighted by Crippen LogP contribution is -2.48. The Labute approximate surface area is 260 Å². The lowest BCUT2D eigenvalue weighted by molar-refractivity contribution is 0.00450. The van der Waals surface area contributed by atoms with E-state index in [0.717, 1.165) is 72.9 Å². The van der Waals surface area contributed by atoms with Gasteiger partial charge in [0.1, 0.15) is 5.82 Å². The normalized spacial score (nSPS) is 17.5. The molecule has 1 unspecified atom stereocenters. The van der Waals surface area contributed by atoms with Crippen molar-refractivity contribution in [2.75, 3.05) is 54.9 Å². The minimum absolute atomic E-state index is 0.183. The Morgan fingerprint density at radius 3 is 2.36 bits per heavy atom. The predicted octanol–water partition coefficient (Wildman–Crippen LogP) is 6.61. The van der Waals surface area contributed by atoms with Crippen LogP contribution in [0.25, 0.3) is 16.5 Å². The summed E-state index contributed by atoms with van der Waals surface area (Å²) in [5.41, 5.74) is 4.41. The molecule has 2 fully saturated rings. The van der Waals surface area contributed by atoms with Crippen LogP contribution >= 0.6 is 0 Å². The van der Waals surface area contributed by atoms with Crippen molar-refractivity contribution in [2.24, 2.45) is 5.92 Å². The fraction of sp³-hybridized carbons (Fsp3) is 0.457. The first-order valence-corrected chi connectivity index (χ1v) is 15.9. The highest BCUT2D eigenvalue weighted by Gasteiger charge is 2.29. The van der Waals surface area contributed by atoms with Gasteiger partial charge in [0.15, 0.2) is 0 Å². The molecule has 6 rings (SSSR count). The van der Waals surface area contributed by atoms with Gasteiger partial charge in [0.05, 0.1) is 36.5 Å².